The quantitative estimate of drug-likeness (QED) is 0.564. The molecule has 0 saturated carbocycles. The van der Waals surface area contributed by atoms with E-state index in [4.69, 9.17) is 15.2 Å². The predicted octanol–water partition coefficient (Wildman–Crippen LogP) is 3.13. The molecule has 0 aromatic heterocycles. The molecule has 2 rings (SSSR count). The Hall–Kier alpha value is -2.89. The summed E-state index contributed by atoms with van der Waals surface area (Å²) in [6.07, 6.45) is 0. The largest absolute Gasteiger partial charge is 0.490 e. The maximum atomic E-state index is 11.9. The number of nitrogens with one attached hydrogen (secondary N) is 2. The minimum atomic E-state index is -0.394. The van der Waals surface area contributed by atoms with E-state index in [1.807, 2.05) is 38.1 Å². The molecule has 0 aliphatic rings. The molecule has 2 aromatic rings. The van der Waals surface area contributed by atoms with E-state index in [0.29, 0.717) is 29.5 Å². The van der Waals surface area contributed by atoms with Crippen molar-refractivity contribution >= 4 is 17.4 Å². The Labute approximate surface area is 135 Å². The molecule has 0 aliphatic carbocycles. The molecular formula is C17H21N3O3. The SMILES string of the molecule is CCOc1ccccc1OCNC(=O)Nc1ccc(C)cc1N. The molecule has 0 aliphatic heterocycles. The second kappa shape index (κ2) is 7.93. The average Bonchev–Trinajstić information content (AvgIpc) is 2.52. The number of aryl methyl sites for hydroxylation is 1. The summed E-state index contributed by atoms with van der Waals surface area (Å²) in [5.41, 5.74) is 7.96. The van der Waals surface area contributed by atoms with Gasteiger partial charge in [-0.2, -0.15) is 0 Å². The van der Waals surface area contributed by atoms with Crippen LogP contribution < -0.4 is 25.8 Å². The van der Waals surface area contributed by atoms with Gasteiger partial charge in [0.15, 0.2) is 18.2 Å². The molecule has 0 fully saturated rings. The Balaban J connectivity index is 1.85. The van der Waals surface area contributed by atoms with Crippen molar-refractivity contribution in [1.82, 2.24) is 5.32 Å². The van der Waals surface area contributed by atoms with E-state index in [1.165, 1.54) is 0 Å². The molecule has 0 saturated heterocycles. The average molecular weight is 315 g/mol. The van der Waals surface area contributed by atoms with Crippen LogP contribution in [0.2, 0.25) is 0 Å². The fourth-order valence-corrected chi connectivity index (χ4v) is 1.99. The van der Waals surface area contributed by atoms with Crippen molar-refractivity contribution in [1.29, 1.82) is 0 Å². The van der Waals surface area contributed by atoms with Crippen LogP contribution in [0.5, 0.6) is 11.5 Å². The van der Waals surface area contributed by atoms with Gasteiger partial charge in [-0.15, -0.1) is 0 Å². The number of hydrogen-bond donors (Lipinski definition) is 3. The van der Waals surface area contributed by atoms with Crippen molar-refractivity contribution in [2.24, 2.45) is 0 Å². The summed E-state index contributed by atoms with van der Waals surface area (Å²) in [7, 11) is 0. The number of nitrogen functional groups attached to an aromatic ring is 1. The highest BCUT2D eigenvalue weighted by molar-refractivity contribution is 5.92. The molecule has 0 heterocycles. The summed E-state index contributed by atoms with van der Waals surface area (Å²) in [6.45, 7) is 4.39. The number of rotatable bonds is 6. The lowest BCUT2D eigenvalue weighted by molar-refractivity contribution is 0.229. The third kappa shape index (κ3) is 4.81. The van der Waals surface area contributed by atoms with Gasteiger partial charge in [0.1, 0.15) is 0 Å². The Morgan fingerprint density at radius 2 is 1.83 bits per heavy atom. The van der Waals surface area contributed by atoms with E-state index in [-0.39, 0.29) is 6.73 Å². The molecule has 2 aromatic carbocycles. The molecule has 0 atom stereocenters. The van der Waals surface area contributed by atoms with Crippen molar-refractivity contribution in [3.05, 3.63) is 48.0 Å². The number of nitrogens with two attached hydrogens (primary N) is 1. The van der Waals surface area contributed by atoms with Crippen LogP contribution in [0.3, 0.4) is 0 Å². The molecule has 2 amide bonds. The first kappa shape index (κ1) is 16.5. The Morgan fingerprint density at radius 3 is 2.48 bits per heavy atom. The highest BCUT2D eigenvalue weighted by Gasteiger charge is 2.06. The van der Waals surface area contributed by atoms with Gasteiger partial charge in [-0.3, -0.25) is 0 Å². The lowest BCUT2D eigenvalue weighted by Gasteiger charge is -2.13. The molecule has 0 bridgehead atoms. The van der Waals surface area contributed by atoms with Gasteiger partial charge in [0, 0.05) is 0 Å². The molecule has 0 spiro atoms. The van der Waals surface area contributed by atoms with Crippen molar-refractivity contribution in [2.75, 3.05) is 24.4 Å². The van der Waals surface area contributed by atoms with Gasteiger partial charge in [-0.25, -0.2) is 4.79 Å². The van der Waals surface area contributed by atoms with Crippen LogP contribution in [0.1, 0.15) is 12.5 Å². The topological polar surface area (TPSA) is 85.6 Å². The number of carbonyl (C=O) groups excluding carboxylic acids is 1. The minimum absolute atomic E-state index is 0.0156. The molecule has 23 heavy (non-hydrogen) atoms. The standard InChI is InChI=1S/C17H21N3O3/c1-3-22-15-6-4-5-7-16(15)23-11-19-17(21)20-14-9-8-12(2)10-13(14)18/h4-10H,3,11,18H2,1-2H3,(H2,19,20,21). The van der Waals surface area contributed by atoms with Gasteiger partial charge in [0.25, 0.3) is 0 Å². The van der Waals surface area contributed by atoms with Gasteiger partial charge in [-0.05, 0) is 43.7 Å². The number of carbonyl (C=O) groups is 1. The maximum Gasteiger partial charge on any atom is 0.321 e. The monoisotopic (exact) mass is 315 g/mol. The highest BCUT2D eigenvalue weighted by atomic mass is 16.5. The van der Waals surface area contributed by atoms with Crippen molar-refractivity contribution in [2.45, 2.75) is 13.8 Å². The van der Waals surface area contributed by atoms with Gasteiger partial charge < -0.3 is 25.8 Å². The van der Waals surface area contributed by atoms with Gasteiger partial charge in [0.2, 0.25) is 0 Å². The van der Waals surface area contributed by atoms with Gasteiger partial charge >= 0.3 is 6.03 Å². The third-order valence-corrected chi connectivity index (χ3v) is 3.06. The smallest absolute Gasteiger partial charge is 0.321 e. The summed E-state index contributed by atoms with van der Waals surface area (Å²) in [4.78, 5) is 11.9. The highest BCUT2D eigenvalue weighted by Crippen LogP contribution is 2.26. The van der Waals surface area contributed by atoms with Crippen molar-refractivity contribution in [3.8, 4) is 11.5 Å². The van der Waals surface area contributed by atoms with E-state index in [1.54, 1.807) is 18.2 Å². The summed E-state index contributed by atoms with van der Waals surface area (Å²) in [5, 5.41) is 5.28. The van der Waals surface area contributed by atoms with E-state index >= 15 is 0 Å². The first-order valence-electron chi connectivity index (χ1n) is 7.35. The number of urea groups is 1. The Morgan fingerprint density at radius 1 is 1.13 bits per heavy atom. The zero-order chi connectivity index (χ0) is 16.7. The molecule has 0 unspecified atom stereocenters. The second-order valence-corrected chi connectivity index (χ2v) is 4.89. The zero-order valence-electron chi connectivity index (χ0n) is 13.3. The third-order valence-electron chi connectivity index (χ3n) is 3.06. The first-order valence-corrected chi connectivity index (χ1v) is 7.35. The number of benzene rings is 2. The maximum absolute atomic E-state index is 11.9. The van der Waals surface area contributed by atoms with Crippen molar-refractivity contribution < 1.29 is 14.3 Å². The van der Waals surface area contributed by atoms with Crippen LogP contribution in [0, 0.1) is 6.92 Å². The predicted molar refractivity (Wildman–Crippen MR) is 90.9 cm³/mol. The second-order valence-electron chi connectivity index (χ2n) is 4.89. The lowest BCUT2D eigenvalue weighted by Crippen LogP contribution is -2.32. The zero-order valence-corrected chi connectivity index (χ0v) is 13.3. The van der Waals surface area contributed by atoms with Crippen LogP contribution in [-0.4, -0.2) is 19.4 Å². The summed E-state index contributed by atoms with van der Waals surface area (Å²) in [6, 6.07) is 12.3. The van der Waals surface area contributed by atoms with E-state index in [9.17, 15) is 4.79 Å². The number of para-hydroxylation sites is 2. The normalized spacial score (nSPS) is 10.0. The van der Waals surface area contributed by atoms with Crippen LogP contribution >= 0.6 is 0 Å². The summed E-state index contributed by atoms with van der Waals surface area (Å²) < 4.78 is 11.0. The number of ether oxygens (including phenoxy) is 2. The lowest BCUT2D eigenvalue weighted by atomic mass is 10.2. The van der Waals surface area contributed by atoms with Gasteiger partial charge in [-0.1, -0.05) is 18.2 Å². The van der Waals surface area contributed by atoms with Crippen LogP contribution in [0.15, 0.2) is 42.5 Å². The number of amides is 2. The summed E-state index contributed by atoms with van der Waals surface area (Å²) in [5.74, 6) is 1.21. The van der Waals surface area contributed by atoms with E-state index in [2.05, 4.69) is 10.6 Å². The molecule has 4 N–H and O–H groups in total. The van der Waals surface area contributed by atoms with Crippen molar-refractivity contribution in [3.63, 3.8) is 0 Å². The van der Waals surface area contributed by atoms with E-state index in [0.717, 1.165) is 5.56 Å². The first-order chi connectivity index (χ1) is 11.1. The molecular weight excluding hydrogens is 294 g/mol. The fraction of sp³-hybridized carbons (Fsp3) is 0.235. The van der Waals surface area contributed by atoms with Crippen LogP contribution in [0.25, 0.3) is 0 Å². The molecule has 122 valence electrons. The van der Waals surface area contributed by atoms with Gasteiger partial charge in [0.05, 0.1) is 18.0 Å². The molecule has 6 nitrogen and oxygen atoms in total. The van der Waals surface area contributed by atoms with Crippen LogP contribution in [0.4, 0.5) is 16.2 Å². The molecule has 6 heteroatoms. The minimum Gasteiger partial charge on any atom is -0.490 e. The molecule has 0 radical (unpaired) electrons. The fourth-order valence-electron chi connectivity index (χ4n) is 1.99. The Bertz CT molecular complexity index is 674. The number of hydrogen-bond acceptors (Lipinski definition) is 4. The van der Waals surface area contributed by atoms with E-state index < -0.39 is 6.03 Å². The summed E-state index contributed by atoms with van der Waals surface area (Å²) >= 11 is 0. The van der Waals surface area contributed by atoms with Crippen LogP contribution in [-0.2, 0) is 0 Å². The number of anilines is 2. The Kier molecular flexibility index (Phi) is 5.68.